The van der Waals surface area contributed by atoms with Crippen LogP contribution in [0.5, 0.6) is 0 Å². The first-order valence-corrected chi connectivity index (χ1v) is 7.65. The third-order valence-corrected chi connectivity index (χ3v) is 4.18. The van der Waals surface area contributed by atoms with Crippen LogP contribution in [0.2, 0.25) is 0 Å². The van der Waals surface area contributed by atoms with E-state index in [0.717, 1.165) is 19.0 Å². The zero-order valence-electron chi connectivity index (χ0n) is 12.7. The van der Waals surface area contributed by atoms with Crippen LogP contribution in [0.3, 0.4) is 0 Å². The summed E-state index contributed by atoms with van der Waals surface area (Å²) in [5.74, 6) is 0.937. The van der Waals surface area contributed by atoms with Crippen LogP contribution < -0.4 is 10.2 Å². The zero-order valence-corrected chi connectivity index (χ0v) is 12.7. The van der Waals surface area contributed by atoms with Crippen LogP contribution in [0, 0.1) is 19.8 Å². The van der Waals surface area contributed by atoms with Crippen molar-refractivity contribution >= 4 is 5.69 Å². The Bertz CT molecular complexity index is 374. The van der Waals surface area contributed by atoms with Gasteiger partial charge in [0.2, 0.25) is 0 Å². The van der Waals surface area contributed by atoms with Gasteiger partial charge in [0.25, 0.3) is 0 Å². The molecular weight excluding hydrogens is 232 g/mol. The molecule has 1 saturated carbocycles. The van der Waals surface area contributed by atoms with E-state index in [9.17, 15) is 0 Å². The van der Waals surface area contributed by atoms with Crippen molar-refractivity contribution in [3.63, 3.8) is 0 Å². The van der Waals surface area contributed by atoms with Crippen LogP contribution in [0.25, 0.3) is 0 Å². The second-order valence-electron chi connectivity index (χ2n) is 6.12. The van der Waals surface area contributed by atoms with Crippen LogP contribution in [-0.2, 0) is 0 Å². The highest BCUT2D eigenvalue weighted by atomic mass is 15.1. The maximum atomic E-state index is 3.62. The zero-order chi connectivity index (χ0) is 13.7. The molecule has 0 aliphatic heterocycles. The van der Waals surface area contributed by atoms with Crippen molar-refractivity contribution < 1.29 is 0 Å². The number of benzene rings is 1. The van der Waals surface area contributed by atoms with Crippen LogP contribution in [0.4, 0.5) is 5.69 Å². The molecule has 0 spiro atoms. The first-order chi connectivity index (χ1) is 9.15. The number of rotatable bonds is 6. The van der Waals surface area contributed by atoms with Crippen molar-refractivity contribution in [2.75, 3.05) is 31.6 Å². The standard InChI is InChI=1S/C17H28N2/c1-14-10-15(2)12-17(11-14)19(3)9-8-18-13-16-6-4-5-7-16/h10-12,16,18H,4-9,13H2,1-3H3. The number of likely N-dealkylation sites (N-methyl/N-ethyl adjacent to an activating group) is 1. The summed E-state index contributed by atoms with van der Waals surface area (Å²) in [7, 11) is 2.19. The summed E-state index contributed by atoms with van der Waals surface area (Å²) >= 11 is 0. The lowest BCUT2D eigenvalue weighted by Crippen LogP contribution is -2.31. The second-order valence-corrected chi connectivity index (χ2v) is 6.12. The third kappa shape index (κ3) is 4.54. The highest BCUT2D eigenvalue weighted by Crippen LogP contribution is 2.23. The Morgan fingerprint density at radius 1 is 1.11 bits per heavy atom. The summed E-state index contributed by atoms with van der Waals surface area (Å²) in [6, 6.07) is 6.77. The molecule has 0 saturated heterocycles. The predicted molar refractivity (Wildman–Crippen MR) is 84.0 cm³/mol. The first-order valence-electron chi connectivity index (χ1n) is 7.65. The number of hydrogen-bond donors (Lipinski definition) is 1. The van der Waals surface area contributed by atoms with E-state index in [-0.39, 0.29) is 0 Å². The van der Waals surface area contributed by atoms with Crippen molar-refractivity contribution in [1.82, 2.24) is 5.32 Å². The van der Waals surface area contributed by atoms with Crippen molar-refractivity contribution in [3.05, 3.63) is 29.3 Å². The van der Waals surface area contributed by atoms with E-state index in [1.807, 2.05) is 0 Å². The van der Waals surface area contributed by atoms with Gasteiger partial charge in [0.05, 0.1) is 0 Å². The van der Waals surface area contributed by atoms with Crippen LogP contribution in [0.1, 0.15) is 36.8 Å². The summed E-state index contributed by atoms with van der Waals surface area (Å²) in [4.78, 5) is 2.35. The molecule has 19 heavy (non-hydrogen) atoms. The van der Waals surface area contributed by atoms with Gasteiger partial charge in [-0.3, -0.25) is 0 Å². The second kappa shape index (κ2) is 6.95. The molecule has 2 rings (SSSR count). The molecule has 0 heterocycles. The van der Waals surface area contributed by atoms with E-state index in [1.165, 1.54) is 49.0 Å². The minimum absolute atomic E-state index is 0.937. The van der Waals surface area contributed by atoms with Crippen molar-refractivity contribution in [2.45, 2.75) is 39.5 Å². The fraction of sp³-hybridized carbons (Fsp3) is 0.647. The topological polar surface area (TPSA) is 15.3 Å². The highest BCUT2D eigenvalue weighted by Gasteiger charge is 2.13. The fourth-order valence-corrected chi connectivity index (χ4v) is 3.07. The maximum Gasteiger partial charge on any atom is 0.0369 e. The number of aryl methyl sites for hydroxylation is 2. The fourth-order valence-electron chi connectivity index (χ4n) is 3.07. The Labute approximate surface area is 118 Å². The van der Waals surface area contributed by atoms with Gasteiger partial charge in [-0.05, 0) is 62.4 Å². The Morgan fingerprint density at radius 2 is 1.74 bits per heavy atom. The number of nitrogens with zero attached hydrogens (tertiary/aromatic N) is 1. The normalized spacial score (nSPS) is 15.9. The van der Waals surface area contributed by atoms with Gasteiger partial charge in [-0.25, -0.2) is 0 Å². The summed E-state index contributed by atoms with van der Waals surface area (Å²) in [6.45, 7) is 7.71. The predicted octanol–water partition coefficient (Wildman–Crippen LogP) is 3.52. The van der Waals surface area contributed by atoms with Gasteiger partial charge in [0.15, 0.2) is 0 Å². The molecule has 0 aromatic heterocycles. The van der Waals surface area contributed by atoms with Gasteiger partial charge in [-0.2, -0.15) is 0 Å². The van der Waals surface area contributed by atoms with Crippen molar-refractivity contribution in [2.24, 2.45) is 5.92 Å². The van der Waals surface area contributed by atoms with Crippen LogP contribution in [0.15, 0.2) is 18.2 Å². The molecule has 1 aliphatic carbocycles. The largest absolute Gasteiger partial charge is 0.373 e. The first kappa shape index (κ1) is 14.4. The molecule has 1 aromatic carbocycles. The molecule has 2 heteroatoms. The maximum absolute atomic E-state index is 3.62. The number of anilines is 1. The van der Waals surface area contributed by atoms with E-state index in [2.05, 4.69) is 49.3 Å². The van der Waals surface area contributed by atoms with Gasteiger partial charge < -0.3 is 10.2 Å². The average Bonchev–Trinajstić information content (AvgIpc) is 2.86. The molecule has 0 atom stereocenters. The SMILES string of the molecule is Cc1cc(C)cc(N(C)CCNCC2CCCC2)c1. The molecule has 1 aromatic rings. The lowest BCUT2D eigenvalue weighted by atomic mass is 10.1. The molecule has 0 bridgehead atoms. The summed E-state index contributed by atoms with van der Waals surface area (Å²) in [6.07, 6.45) is 5.74. The van der Waals surface area contributed by atoms with E-state index < -0.39 is 0 Å². The number of nitrogens with one attached hydrogen (secondary N) is 1. The van der Waals surface area contributed by atoms with Gasteiger partial charge in [0.1, 0.15) is 0 Å². The lowest BCUT2D eigenvalue weighted by Gasteiger charge is -2.21. The summed E-state index contributed by atoms with van der Waals surface area (Å²) in [5, 5.41) is 3.62. The molecule has 1 N–H and O–H groups in total. The Kier molecular flexibility index (Phi) is 5.26. The van der Waals surface area contributed by atoms with Gasteiger partial charge in [-0.15, -0.1) is 0 Å². The summed E-state index contributed by atoms with van der Waals surface area (Å²) in [5.41, 5.74) is 4.03. The van der Waals surface area contributed by atoms with E-state index in [4.69, 9.17) is 0 Å². The van der Waals surface area contributed by atoms with E-state index >= 15 is 0 Å². The Balaban J connectivity index is 1.72. The molecular formula is C17H28N2. The lowest BCUT2D eigenvalue weighted by molar-refractivity contribution is 0.492. The Hall–Kier alpha value is -1.02. The average molecular weight is 260 g/mol. The molecule has 1 aliphatic rings. The summed E-state index contributed by atoms with van der Waals surface area (Å²) < 4.78 is 0. The minimum Gasteiger partial charge on any atom is -0.373 e. The van der Waals surface area contributed by atoms with Gasteiger partial charge in [0, 0.05) is 25.8 Å². The van der Waals surface area contributed by atoms with Gasteiger partial charge >= 0.3 is 0 Å². The van der Waals surface area contributed by atoms with Crippen LogP contribution in [-0.4, -0.2) is 26.7 Å². The molecule has 1 fully saturated rings. The van der Waals surface area contributed by atoms with Crippen LogP contribution >= 0.6 is 0 Å². The van der Waals surface area contributed by atoms with E-state index in [0.29, 0.717) is 0 Å². The number of hydrogen-bond acceptors (Lipinski definition) is 2. The smallest absolute Gasteiger partial charge is 0.0369 e. The third-order valence-electron chi connectivity index (χ3n) is 4.18. The van der Waals surface area contributed by atoms with Crippen molar-refractivity contribution in [3.8, 4) is 0 Å². The Morgan fingerprint density at radius 3 is 2.37 bits per heavy atom. The van der Waals surface area contributed by atoms with E-state index in [1.54, 1.807) is 0 Å². The molecule has 106 valence electrons. The highest BCUT2D eigenvalue weighted by molar-refractivity contribution is 5.50. The molecule has 0 unspecified atom stereocenters. The van der Waals surface area contributed by atoms with Gasteiger partial charge in [-0.1, -0.05) is 18.9 Å². The monoisotopic (exact) mass is 260 g/mol. The minimum atomic E-state index is 0.937. The molecule has 2 nitrogen and oxygen atoms in total. The molecule has 0 radical (unpaired) electrons. The molecule has 0 amide bonds. The quantitative estimate of drug-likeness (QED) is 0.787. The van der Waals surface area contributed by atoms with Crippen molar-refractivity contribution in [1.29, 1.82) is 0 Å².